The first-order valence-electron chi connectivity index (χ1n) is 7.78. The van der Waals surface area contributed by atoms with Gasteiger partial charge in [0, 0.05) is 12.1 Å². The molecule has 0 aromatic carbocycles. The van der Waals surface area contributed by atoms with Crippen molar-refractivity contribution in [2.75, 3.05) is 19.6 Å². The Kier molecular flexibility index (Phi) is 5.30. The summed E-state index contributed by atoms with van der Waals surface area (Å²) in [6.45, 7) is 8.61. The minimum Gasteiger partial charge on any atom is -0.311 e. The molecule has 0 spiro atoms. The molecule has 0 bridgehead atoms. The second-order valence-electron chi connectivity index (χ2n) is 6.12. The smallest absolute Gasteiger partial charge is 0.00940 e. The lowest BCUT2D eigenvalue weighted by Gasteiger charge is -2.35. The SMILES string of the molecule is CCCN1CCC(N[C@H](C)C2CCCC2)CC1. The maximum Gasteiger partial charge on any atom is 0.00940 e. The van der Waals surface area contributed by atoms with Crippen molar-refractivity contribution in [2.24, 2.45) is 5.92 Å². The van der Waals surface area contributed by atoms with E-state index in [0.717, 1.165) is 18.0 Å². The van der Waals surface area contributed by atoms with Crippen LogP contribution >= 0.6 is 0 Å². The summed E-state index contributed by atoms with van der Waals surface area (Å²) in [5.41, 5.74) is 0. The number of nitrogens with zero attached hydrogens (tertiary/aromatic N) is 1. The maximum absolute atomic E-state index is 3.90. The Bertz CT molecular complexity index is 203. The van der Waals surface area contributed by atoms with Crippen LogP contribution in [0.5, 0.6) is 0 Å². The molecule has 2 aliphatic rings. The molecule has 0 radical (unpaired) electrons. The van der Waals surface area contributed by atoms with Gasteiger partial charge in [-0.1, -0.05) is 19.8 Å². The van der Waals surface area contributed by atoms with E-state index in [4.69, 9.17) is 0 Å². The van der Waals surface area contributed by atoms with Crippen LogP contribution in [0.15, 0.2) is 0 Å². The van der Waals surface area contributed by atoms with E-state index < -0.39 is 0 Å². The second kappa shape index (κ2) is 6.75. The summed E-state index contributed by atoms with van der Waals surface area (Å²) in [6.07, 6.45) is 9.87. The lowest BCUT2D eigenvalue weighted by molar-refractivity contribution is 0.184. The summed E-state index contributed by atoms with van der Waals surface area (Å²) >= 11 is 0. The van der Waals surface area contributed by atoms with Gasteiger partial charge < -0.3 is 10.2 Å². The fourth-order valence-corrected chi connectivity index (χ4v) is 3.60. The van der Waals surface area contributed by atoms with Crippen molar-refractivity contribution in [1.82, 2.24) is 10.2 Å². The molecule has 100 valence electrons. The number of likely N-dealkylation sites (tertiary alicyclic amines) is 1. The van der Waals surface area contributed by atoms with Crippen LogP contribution in [0.4, 0.5) is 0 Å². The highest BCUT2D eigenvalue weighted by Crippen LogP contribution is 2.28. The molecular weight excluding hydrogens is 208 g/mol. The summed E-state index contributed by atoms with van der Waals surface area (Å²) in [6, 6.07) is 1.54. The van der Waals surface area contributed by atoms with E-state index in [9.17, 15) is 0 Å². The zero-order chi connectivity index (χ0) is 12.1. The van der Waals surface area contributed by atoms with Crippen LogP contribution in [0, 0.1) is 5.92 Å². The van der Waals surface area contributed by atoms with Crippen molar-refractivity contribution >= 4 is 0 Å². The predicted molar refractivity (Wildman–Crippen MR) is 74.3 cm³/mol. The van der Waals surface area contributed by atoms with Crippen LogP contribution in [-0.4, -0.2) is 36.6 Å². The van der Waals surface area contributed by atoms with Crippen LogP contribution < -0.4 is 5.32 Å². The number of rotatable bonds is 5. The highest BCUT2D eigenvalue weighted by molar-refractivity contribution is 4.83. The van der Waals surface area contributed by atoms with E-state index >= 15 is 0 Å². The average molecular weight is 238 g/mol. The summed E-state index contributed by atoms with van der Waals surface area (Å²) in [5.74, 6) is 0.962. The largest absolute Gasteiger partial charge is 0.311 e. The van der Waals surface area contributed by atoms with Crippen LogP contribution in [-0.2, 0) is 0 Å². The third-order valence-electron chi connectivity index (χ3n) is 4.73. The van der Waals surface area contributed by atoms with Gasteiger partial charge in [0.1, 0.15) is 0 Å². The van der Waals surface area contributed by atoms with Gasteiger partial charge in [-0.25, -0.2) is 0 Å². The Hall–Kier alpha value is -0.0800. The molecule has 1 atom stereocenters. The molecule has 1 aliphatic carbocycles. The van der Waals surface area contributed by atoms with E-state index in [1.165, 1.54) is 64.6 Å². The van der Waals surface area contributed by atoms with Gasteiger partial charge in [0.15, 0.2) is 0 Å². The summed E-state index contributed by atoms with van der Waals surface area (Å²) in [7, 11) is 0. The molecule has 1 saturated heterocycles. The number of hydrogen-bond acceptors (Lipinski definition) is 2. The maximum atomic E-state index is 3.90. The van der Waals surface area contributed by atoms with Gasteiger partial charge in [-0.3, -0.25) is 0 Å². The third-order valence-corrected chi connectivity index (χ3v) is 4.73. The van der Waals surface area contributed by atoms with Crippen molar-refractivity contribution in [3.05, 3.63) is 0 Å². The fourth-order valence-electron chi connectivity index (χ4n) is 3.60. The monoisotopic (exact) mass is 238 g/mol. The van der Waals surface area contributed by atoms with E-state index in [-0.39, 0.29) is 0 Å². The molecule has 17 heavy (non-hydrogen) atoms. The Balaban J connectivity index is 1.66. The fraction of sp³-hybridized carbons (Fsp3) is 1.00. The molecule has 2 heteroatoms. The second-order valence-corrected chi connectivity index (χ2v) is 6.12. The van der Waals surface area contributed by atoms with Crippen LogP contribution in [0.1, 0.15) is 58.8 Å². The van der Waals surface area contributed by atoms with E-state index in [2.05, 4.69) is 24.1 Å². The highest BCUT2D eigenvalue weighted by atomic mass is 15.1. The van der Waals surface area contributed by atoms with Crippen LogP contribution in [0.3, 0.4) is 0 Å². The van der Waals surface area contributed by atoms with Gasteiger partial charge in [-0.2, -0.15) is 0 Å². The molecule has 1 N–H and O–H groups in total. The number of piperidine rings is 1. The molecule has 2 nitrogen and oxygen atoms in total. The van der Waals surface area contributed by atoms with Gasteiger partial charge in [-0.05, 0) is 64.6 Å². The molecule has 0 unspecified atom stereocenters. The van der Waals surface area contributed by atoms with Crippen molar-refractivity contribution in [2.45, 2.75) is 70.9 Å². The first kappa shape index (κ1) is 13.4. The Morgan fingerprint density at radius 3 is 2.35 bits per heavy atom. The summed E-state index contributed by atoms with van der Waals surface area (Å²) < 4.78 is 0. The quantitative estimate of drug-likeness (QED) is 0.792. The molecule has 2 fully saturated rings. The van der Waals surface area contributed by atoms with Gasteiger partial charge in [0.05, 0.1) is 0 Å². The molecule has 2 rings (SSSR count). The average Bonchev–Trinajstić information content (AvgIpc) is 2.86. The van der Waals surface area contributed by atoms with Crippen molar-refractivity contribution in [3.63, 3.8) is 0 Å². The van der Waals surface area contributed by atoms with E-state index in [1.807, 2.05) is 0 Å². The molecule has 0 amide bonds. The molecule has 1 heterocycles. The molecule has 0 aromatic rings. The third kappa shape index (κ3) is 3.96. The molecule has 0 aromatic heterocycles. The van der Waals surface area contributed by atoms with E-state index in [0.29, 0.717) is 0 Å². The Labute approximate surface area is 107 Å². The zero-order valence-corrected chi connectivity index (χ0v) is 11.8. The molecular formula is C15H30N2. The lowest BCUT2D eigenvalue weighted by Crippen LogP contribution is -2.47. The molecule has 1 saturated carbocycles. The van der Waals surface area contributed by atoms with Gasteiger partial charge in [0.25, 0.3) is 0 Å². The zero-order valence-electron chi connectivity index (χ0n) is 11.8. The lowest BCUT2D eigenvalue weighted by atomic mass is 9.96. The Morgan fingerprint density at radius 2 is 1.76 bits per heavy atom. The topological polar surface area (TPSA) is 15.3 Å². The van der Waals surface area contributed by atoms with Crippen molar-refractivity contribution < 1.29 is 0 Å². The van der Waals surface area contributed by atoms with Gasteiger partial charge in [-0.15, -0.1) is 0 Å². The number of hydrogen-bond donors (Lipinski definition) is 1. The minimum atomic E-state index is 0.750. The van der Waals surface area contributed by atoms with Crippen LogP contribution in [0.25, 0.3) is 0 Å². The first-order chi connectivity index (χ1) is 8.29. The standard InChI is InChI=1S/C15H30N2/c1-3-10-17-11-8-15(9-12-17)16-13(2)14-6-4-5-7-14/h13-16H,3-12H2,1-2H3/t13-/m1/s1. The normalized spacial score (nSPS) is 26.5. The molecule has 1 aliphatic heterocycles. The van der Waals surface area contributed by atoms with Crippen molar-refractivity contribution in [3.8, 4) is 0 Å². The number of nitrogens with one attached hydrogen (secondary N) is 1. The summed E-state index contributed by atoms with van der Waals surface area (Å²) in [4.78, 5) is 2.62. The van der Waals surface area contributed by atoms with Crippen molar-refractivity contribution in [1.29, 1.82) is 0 Å². The van der Waals surface area contributed by atoms with Gasteiger partial charge in [0.2, 0.25) is 0 Å². The minimum absolute atomic E-state index is 0.750. The van der Waals surface area contributed by atoms with Gasteiger partial charge >= 0.3 is 0 Å². The highest BCUT2D eigenvalue weighted by Gasteiger charge is 2.25. The van der Waals surface area contributed by atoms with E-state index in [1.54, 1.807) is 0 Å². The summed E-state index contributed by atoms with van der Waals surface area (Å²) in [5, 5.41) is 3.90. The van der Waals surface area contributed by atoms with Crippen LogP contribution in [0.2, 0.25) is 0 Å². The first-order valence-corrected chi connectivity index (χ1v) is 7.78. The predicted octanol–water partition coefficient (Wildman–Crippen LogP) is 3.03. The Morgan fingerprint density at radius 1 is 1.12 bits per heavy atom.